The van der Waals surface area contributed by atoms with Crippen LogP contribution in [0.2, 0.25) is 0 Å². The van der Waals surface area contributed by atoms with E-state index in [4.69, 9.17) is 22.7 Å². The summed E-state index contributed by atoms with van der Waals surface area (Å²) in [5.41, 5.74) is 5.74. The summed E-state index contributed by atoms with van der Waals surface area (Å²) in [4.78, 5) is 22.9. The van der Waals surface area contributed by atoms with Gasteiger partial charge in [-0.15, -0.1) is 0 Å². The lowest BCUT2D eigenvalue weighted by molar-refractivity contribution is 0.296. The van der Waals surface area contributed by atoms with Crippen LogP contribution >= 0.6 is 12.2 Å². The summed E-state index contributed by atoms with van der Waals surface area (Å²) in [5.74, 6) is 0.661. The summed E-state index contributed by atoms with van der Waals surface area (Å²) in [6.07, 6.45) is 0.581. The fourth-order valence-electron chi connectivity index (χ4n) is 1.78. The number of aryl methyl sites for hydroxylation is 1. The van der Waals surface area contributed by atoms with Gasteiger partial charge in [0, 0.05) is 30.7 Å². The van der Waals surface area contributed by atoms with E-state index < -0.39 is 0 Å². The summed E-state index contributed by atoms with van der Waals surface area (Å²) in [6, 6.07) is 9.63. The zero-order chi connectivity index (χ0) is 15.2. The quantitative estimate of drug-likeness (QED) is 0.604. The second kappa shape index (κ2) is 6.85. The monoisotopic (exact) mass is 305 g/mol. The maximum absolute atomic E-state index is 11.5. The molecule has 0 aliphatic heterocycles. The Bertz CT molecular complexity index is 751. The molecule has 21 heavy (non-hydrogen) atoms. The number of aromatic amines is 1. The first-order valence-electron chi connectivity index (χ1n) is 6.39. The molecule has 110 valence electrons. The highest BCUT2D eigenvalue weighted by molar-refractivity contribution is 7.80. The van der Waals surface area contributed by atoms with Crippen LogP contribution in [0.4, 0.5) is 0 Å². The van der Waals surface area contributed by atoms with Gasteiger partial charge in [-0.2, -0.15) is 0 Å². The van der Waals surface area contributed by atoms with Crippen LogP contribution in [0.1, 0.15) is 12.0 Å². The van der Waals surface area contributed by atoms with Crippen molar-refractivity contribution in [2.24, 2.45) is 5.73 Å². The van der Waals surface area contributed by atoms with Crippen molar-refractivity contribution in [3.8, 4) is 5.75 Å². The molecule has 0 atom stereocenters. The van der Waals surface area contributed by atoms with Crippen molar-refractivity contribution in [3.05, 3.63) is 62.7 Å². The Morgan fingerprint density at radius 3 is 2.86 bits per heavy atom. The molecule has 0 unspecified atom stereocenters. The van der Waals surface area contributed by atoms with Crippen molar-refractivity contribution in [2.75, 3.05) is 6.61 Å². The molecule has 2 aromatic rings. The highest BCUT2D eigenvalue weighted by Gasteiger charge is 2.00. The number of benzene rings is 1. The van der Waals surface area contributed by atoms with E-state index in [1.54, 1.807) is 12.1 Å². The smallest absolute Gasteiger partial charge is 0.265 e. The zero-order valence-corrected chi connectivity index (χ0v) is 12.1. The number of hydrogen-bond donors (Lipinski definition) is 2. The molecule has 2 rings (SSSR count). The molecule has 0 bridgehead atoms. The highest BCUT2D eigenvalue weighted by atomic mass is 32.1. The number of rotatable bonds is 6. The standard InChI is InChI=1S/C14H15N3O3S/c15-14(21)10-3-1-4-11(9-10)20-8-2-7-17-13(19)6-5-12(18)16-17/h1,3-6,9H,2,7-8H2,(H2,15,21)(H,16,18). The minimum absolute atomic E-state index is 0.245. The maximum atomic E-state index is 11.5. The lowest BCUT2D eigenvalue weighted by Crippen LogP contribution is -2.28. The van der Waals surface area contributed by atoms with E-state index in [2.05, 4.69) is 5.10 Å². The van der Waals surface area contributed by atoms with Gasteiger partial charge in [0.25, 0.3) is 11.1 Å². The fraction of sp³-hybridized carbons (Fsp3) is 0.214. The first-order chi connectivity index (χ1) is 10.1. The lowest BCUT2D eigenvalue weighted by atomic mass is 10.2. The Hall–Kier alpha value is -2.41. The predicted molar refractivity (Wildman–Crippen MR) is 83.8 cm³/mol. The van der Waals surface area contributed by atoms with Crippen molar-refractivity contribution in [1.82, 2.24) is 9.78 Å². The minimum atomic E-state index is -0.306. The number of ether oxygens (including phenoxy) is 1. The van der Waals surface area contributed by atoms with Crippen LogP contribution in [0.25, 0.3) is 0 Å². The van der Waals surface area contributed by atoms with Crippen molar-refractivity contribution in [2.45, 2.75) is 13.0 Å². The molecule has 3 N–H and O–H groups in total. The topological polar surface area (TPSA) is 90.1 Å². The van der Waals surface area contributed by atoms with Gasteiger partial charge in [0.05, 0.1) is 6.61 Å². The van der Waals surface area contributed by atoms with Gasteiger partial charge in [-0.1, -0.05) is 24.4 Å². The van der Waals surface area contributed by atoms with E-state index in [0.717, 1.165) is 5.56 Å². The number of nitrogens with zero attached hydrogens (tertiary/aromatic N) is 1. The fourth-order valence-corrected chi connectivity index (χ4v) is 1.91. The number of thiocarbonyl (C=S) groups is 1. The second-order valence-corrected chi connectivity index (χ2v) is 4.83. The van der Waals surface area contributed by atoms with Crippen molar-refractivity contribution < 1.29 is 4.74 Å². The van der Waals surface area contributed by atoms with Crippen LogP contribution in [-0.2, 0) is 6.54 Å². The third-order valence-corrected chi connectivity index (χ3v) is 3.04. The van der Waals surface area contributed by atoms with E-state index in [1.165, 1.54) is 16.8 Å². The first kappa shape index (κ1) is 15.0. The van der Waals surface area contributed by atoms with Crippen LogP contribution < -0.4 is 21.6 Å². The summed E-state index contributed by atoms with van der Waals surface area (Å²) in [7, 11) is 0. The van der Waals surface area contributed by atoms with Crippen LogP contribution in [0.5, 0.6) is 5.75 Å². The third kappa shape index (κ3) is 4.28. The second-order valence-electron chi connectivity index (χ2n) is 4.39. The molecular formula is C14H15N3O3S. The average Bonchev–Trinajstić information content (AvgIpc) is 2.47. The lowest BCUT2D eigenvalue weighted by Gasteiger charge is -2.08. The molecule has 0 radical (unpaired) electrons. The summed E-state index contributed by atoms with van der Waals surface area (Å²) in [5, 5.41) is 2.46. The Morgan fingerprint density at radius 1 is 1.29 bits per heavy atom. The van der Waals surface area contributed by atoms with Gasteiger partial charge >= 0.3 is 0 Å². The molecule has 0 amide bonds. The molecule has 0 aliphatic carbocycles. The van der Waals surface area contributed by atoms with Crippen molar-refractivity contribution in [1.29, 1.82) is 0 Å². The number of hydrogen-bond acceptors (Lipinski definition) is 4. The Morgan fingerprint density at radius 2 is 2.10 bits per heavy atom. The Balaban J connectivity index is 1.89. The first-order valence-corrected chi connectivity index (χ1v) is 6.80. The zero-order valence-electron chi connectivity index (χ0n) is 11.2. The number of nitrogens with one attached hydrogen (secondary N) is 1. The molecule has 1 aromatic heterocycles. The number of aromatic nitrogens is 2. The van der Waals surface area contributed by atoms with Gasteiger partial charge in [0.15, 0.2) is 0 Å². The van der Waals surface area contributed by atoms with Crippen LogP contribution in [0.3, 0.4) is 0 Å². The van der Waals surface area contributed by atoms with E-state index in [0.29, 0.717) is 30.3 Å². The SMILES string of the molecule is NC(=S)c1cccc(OCCCn2[nH]c(=O)ccc2=O)c1. The molecule has 7 heteroatoms. The largest absolute Gasteiger partial charge is 0.494 e. The van der Waals surface area contributed by atoms with E-state index >= 15 is 0 Å². The average molecular weight is 305 g/mol. The van der Waals surface area contributed by atoms with E-state index in [9.17, 15) is 9.59 Å². The van der Waals surface area contributed by atoms with Crippen LogP contribution in [0.15, 0.2) is 46.0 Å². The third-order valence-electron chi connectivity index (χ3n) is 2.80. The minimum Gasteiger partial charge on any atom is -0.494 e. The molecule has 1 heterocycles. The summed E-state index contributed by atoms with van der Waals surface area (Å²) >= 11 is 4.90. The molecule has 0 saturated heterocycles. The Kier molecular flexibility index (Phi) is 4.89. The summed E-state index contributed by atoms with van der Waals surface area (Å²) < 4.78 is 6.83. The normalized spacial score (nSPS) is 10.3. The van der Waals surface area contributed by atoms with Gasteiger partial charge in [-0.05, 0) is 12.1 Å². The van der Waals surface area contributed by atoms with E-state index in [1.807, 2.05) is 12.1 Å². The molecule has 6 nitrogen and oxygen atoms in total. The van der Waals surface area contributed by atoms with Crippen molar-refractivity contribution >= 4 is 17.2 Å². The molecule has 1 aromatic carbocycles. The molecule has 0 aliphatic rings. The van der Waals surface area contributed by atoms with Crippen LogP contribution in [-0.4, -0.2) is 21.4 Å². The summed E-state index contributed by atoms with van der Waals surface area (Å²) in [6.45, 7) is 0.786. The van der Waals surface area contributed by atoms with Crippen LogP contribution in [0, 0.1) is 0 Å². The van der Waals surface area contributed by atoms with Gasteiger partial charge in [-0.25, -0.2) is 0 Å². The van der Waals surface area contributed by atoms with E-state index in [-0.39, 0.29) is 11.1 Å². The maximum Gasteiger partial charge on any atom is 0.265 e. The number of nitrogens with two attached hydrogens (primary N) is 1. The predicted octanol–water partition coefficient (Wildman–Crippen LogP) is 0.640. The molecule has 0 fully saturated rings. The molecular weight excluding hydrogens is 290 g/mol. The number of H-pyrrole nitrogens is 1. The van der Waals surface area contributed by atoms with Gasteiger partial charge in [0.1, 0.15) is 10.7 Å². The van der Waals surface area contributed by atoms with Gasteiger partial charge in [0.2, 0.25) is 0 Å². The van der Waals surface area contributed by atoms with Gasteiger partial charge in [-0.3, -0.25) is 19.4 Å². The molecule has 0 saturated carbocycles. The highest BCUT2D eigenvalue weighted by Crippen LogP contribution is 2.13. The van der Waals surface area contributed by atoms with Crippen molar-refractivity contribution in [3.63, 3.8) is 0 Å². The Labute approximate surface area is 126 Å². The molecule has 0 spiro atoms. The van der Waals surface area contributed by atoms with Gasteiger partial charge < -0.3 is 10.5 Å².